The fourth-order valence-electron chi connectivity index (χ4n) is 3.49. The van der Waals surface area contributed by atoms with Gasteiger partial charge >= 0.3 is 0 Å². The largest absolute Gasteiger partial charge is 0.459 e. The van der Waals surface area contributed by atoms with Gasteiger partial charge in [-0.05, 0) is 60.0 Å². The van der Waals surface area contributed by atoms with Crippen LogP contribution >= 0.6 is 0 Å². The first kappa shape index (κ1) is 21.1. The van der Waals surface area contributed by atoms with Crippen LogP contribution in [0.2, 0.25) is 0 Å². The number of aryl methyl sites for hydroxylation is 1. The molecule has 4 rings (SSSR count). The summed E-state index contributed by atoms with van der Waals surface area (Å²) in [7, 11) is 0. The van der Waals surface area contributed by atoms with Crippen LogP contribution in [0.15, 0.2) is 102 Å². The normalized spacial score (nSPS) is 10.5. The minimum atomic E-state index is -0.219. The van der Waals surface area contributed by atoms with Crippen LogP contribution in [0.25, 0.3) is 0 Å². The molecule has 0 radical (unpaired) electrons. The molecule has 0 aliphatic heterocycles. The average Bonchev–Trinajstić information content (AvgIpc) is 3.33. The van der Waals surface area contributed by atoms with Gasteiger partial charge < -0.3 is 14.6 Å². The SMILES string of the molecule is Cc1cccc(NC(=O)Cc2ccc(N(Cc3ccccc3)C(=O)c3ccco3)cc2)c1. The second-order valence-electron chi connectivity index (χ2n) is 7.62. The molecule has 5 nitrogen and oxygen atoms in total. The van der Waals surface area contributed by atoms with Gasteiger partial charge in [0.25, 0.3) is 5.91 Å². The molecule has 0 aliphatic carbocycles. The fourth-order valence-corrected chi connectivity index (χ4v) is 3.49. The van der Waals surface area contributed by atoms with E-state index in [0.717, 1.165) is 28.1 Å². The van der Waals surface area contributed by atoms with E-state index < -0.39 is 0 Å². The van der Waals surface area contributed by atoms with Gasteiger partial charge in [-0.1, -0.05) is 54.6 Å². The lowest BCUT2D eigenvalue weighted by Crippen LogP contribution is -2.30. The summed E-state index contributed by atoms with van der Waals surface area (Å²) in [5, 5.41) is 2.92. The van der Waals surface area contributed by atoms with Gasteiger partial charge in [-0.15, -0.1) is 0 Å². The Morgan fingerprint density at radius 3 is 2.31 bits per heavy atom. The number of carbonyl (C=O) groups excluding carboxylic acids is 2. The molecule has 0 saturated carbocycles. The molecule has 0 fully saturated rings. The number of rotatable bonds is 7. The fraction of sp³-hybridized carbons (Fsp3) is 0.111. The zero-order valence-electron chi connectivity index (χ0n) is 17.8. The highest BCUT2D eigenvalue weighted by Gasteiger charge is 2.20. The first-order valence-electron chi connectivity index (χ1n) is 10.4. The Morgan fingerprint density at radius 2 is 1.62 bits per heavy atom. The van der Waals surface area contributed by atoms with Crippen molar-refractivity contribution >= 4 is 23.2 Å². The summed E-state index contributed by atoms with van der Waals surface area (Å²) in [5.74, 6) is -0.0255. The highest BCUT2D eigenvalue weighted by Crippen LogP contribution is 2.22. The van der Waals surface area contributed by atoms with E-state index in [-0.39, 0.29) is 24.0 Å². The minimum absolute atomic E-state index is 0.0869. The Balaban J connectivity index is 1.49. The topological polar surface area (TPSA) is 62.6 Å². The van der Waals surface area contributed by atoms with E-state index in [1.54, 1.807) is 17.0 Å². The van der Waals surface area contributed by atoms with E-state index in [4.69, 9.17) is 4.42 Å². The number of anilines is 2. The van der Waals surface area contributed by atoms with Crippen LogP contribution < -0.4 is 10.2 Å². The Labute approximate surface area is 187 Å². The maximum atomic E-state index is 13.1. The van der Waals surface area contributed by atoms with Crippen molar-refractivity contribution in [3.8, 4) is 0 Å². The van der Waals surface area contributed by atoms with Crippen molar-refractivity contribution in [2.45, 2.75) is 19.9 Å². The second kappa shape index (κ2) is 9.79. The molecule has 5 heteroatoms. The summed E-state index contributed by atoms with van der Waals surface area (Å²) in [6.45, 7) is 2.40. The van der Waals surface area contributed by atoms with Gasteiger partial charge in [0.05, 0.1) is 19.2 Å². The molecular weight excluding hydrogens is 400 g/mol. The van der Waals surface area contributed by atoms with Crippen LogP contribution in [-0.2, 0) is 17.8 Å². The molecule has 2 amide bonds. The zero-order valence-corrected chi connectivity index (χ0v) is 17.8. The van der Waals surface area contributed by atoms with E-state index in [1.807, 2.05) is 85.8 Å². The van der Waals surface area contributed by atoms with Crippen molar-refractivity contribution in [1.82, 2.24) is 0 Å². The smallest absolute Gasteiger partial charge is 0.294 e. The Bertz CT molecular complexity index is 1180. The number of carbonyl (C=O) groups is 2. The van der Waals surface area contributed by atoms with E-state index >= 15 is 0 Å². The number of nitrogens with one attached hydrogen (secondary N) is 1. The van der Waals surface area contributed by atoms with Crippen LogP contribution in [-0.4, -0.2) is 11.8 Å². The molecular formula is C27H24N2O3. The Morgan fingerprint density at radius 1 is 0.844 bits per heavy atom. The highest BCUT2D eigenvalue weighted by atomic mass is 16.3. The van der Waals surface area contributed by atoms with Crippen molar-refractivity contribution in [2.24, 2.45) is 0 Å². The third kappa shape index (κ3) is 5.32. The van der Waals surface area contributed by atoms with Gasteiger partial charge in [0.15, 0.2) is 5.76 Å². The monoisotopic (exact) mass is 424 g/mol. The molecule has 1 aromatic heterocycles. The van der Waals surface area contributed by atoms with Gasteiger partial charge in [-0.2, -0.15) is 0 Å². The molecule has 1 N–H and O–H groups in total. The molecule has 4 aromatic rings. The first-order valence-corrected chi connectivity index (χ1v) is 10.4. The van der Waals surface area contributed by atoms with Crippen LogP contribution in [0.3, 0.4) is 0 Å². The van der Waals surface area contributed by atoms with Crippen LogP contribution in [0, 0.1) is 6.92 Å². The number of benzene rings is 3. The quantitative estimate of drug-likeness (QED) is 0.419. The van der Waals surface area contributed by atoms with Crippen molar-refractivity contribution in [1.29, 1.82) is 0 Å². The summed E-state index contributed by atoms with van der Waals surface area (Å²) in [5.41, 5.74) is 4.48. The second-order valence-corrected chi connectivity index (χ2v) is 7.62. The third-order valence-corrected chi connectivity index (χ3v) is 5.08. The third-order valence-electron chi connectivity index (χ3n) is 5.08. The summed E-state index contributed by atoms with van der Waals surface area (Å²) >= 11 is 0. The lowest BCUT2D eigenvalue weighted by atomic mass is 10.1. The highest BCUT2D eigenvalue weighted by molar-refractivity contribution is 6.04. The maximum Gasteiger partial charge on any atom is 0.294 e. The Kier molecular flexibility index (Phi) is 6.46. The van der Waals surface area contributed by atoms with Crippen LogP contribution in [0.4, 0.5) is 11.4 Å². The maximum absolute atomic E-state index is 13.1. The molecule has 0 bridgehead atoms. The zero-order chi connectivity index (χ0) is 22.3. The van der Waals surface area contributed by atoms with E-state index in [2.05, 4.69) is 5.32 Å². The number of hydrogen-bond donors (Lipinski definition) is 1. The molecule has 0 aliphatic rings. The lowest BCUT2D eigenvalue weighted by Gasteiger charge is -2.22. The van der Waals surface area contributed by atoms with E-state index in [1.165, 1.54) is 6.26 Å². The predicted molar refractivity (Wildman–Crippen MR) is 126 cm³/mol. The summed E-state index contributed by atoms with van der Waals surface area (Å²) in [6.07, 6.45) is 1.74. The molecule has 32 heavy (non-hydrogen) atoms. The van der Waals surface area contributed by atoms with Gasteiger partial charge in [-0.3, -0.25) is 9.59 Å². The lowest BCUT2D eigenvalue weighted by molar-refractivity contribution is -0.115. The molecule has 0 atom stereocenters. The van der Waals surface area contributed by atoms with Crippen molar-refractivity contribution < 1.29 is 14.0 Å². The molecule has 0 spiro atoms. The number of hydrogen-bond acceptors (Lipinski definition) is 3. The molecule has 1 heterocycles. The van der Waals surface area contributed by atoms with Crippen LogP contribution in [0.5, 0.6) is 0 Å². The molecule has 0 saturated heterocycles. The molecule has 160 valence electrons. The van der Waals surface area contributed by atoms with Gasteiger partial charge in [0.2, 0.25) is 5.91 Å². The number of furan rings is 1. The summed E-state index contributed by atoms with van der Waals surface area (Å²) in [4.78, 5) is 27.2. The van der Waals surface area contributed by atoms with Crippen molar-refractivity contribution in [2.75, 3.05) is 10.2 Å². The molecule has 3 aromatic carbocycles. The minimum Gasteiger partial charge on any atom is -0.459 e. The molecule has 0 unspecified atom stereocenters. The Hall–Kier alpha value is -4.12. The number of nitrogens with zero attached hydrogens (tertiary/aromatic N) is 1. The van der Waals surface area contributed by atoms with Crippen molar-refractivity contribution in [3.63, 3.8) is 0 Å². The summed E-state index contributed by atoms with van der Waals surface area (Å²) in [6, 6.07) is 28.3. The van der Waals surface area contributed by atoms with Gasteiger partial charge in [0.1, 0.15) is 0 Å². The first-order chi connectivity index (χ1) is 15.6. The van der Waals surface area contributed by atoms with Gasteiger partial charge in [0, 0.05) is 11.4 Å². The van der Waals surface area contributed by atoms with E-state index in [0.29, 0.717) is 6.54 Å². The van der Waals surface area contributed by atoms with Crippen LogP contribution in [0.1, 0.15) is 27.2 Å². The standard InChI is InChI=1S/C27H24N2O3/c1-20-7-5-10-23(17-20)28-26(30)18-21-12-14-24(15-13-21)29(19-22-8-3-2-4-9-22)27(31)25-11-6-16-32-25/h2-17H,18-19H2,1H3,(H,28,30). The number of amides is 2. The summed E-state index contributed by atoms with van der Waals surface area (Å²) < 4.78 is 5.33. The predicted octanol–water partition coefficient (Wildman–Crippen LogP) is 5.62. The average molecular weight is 425 g/mol. The van der Waals surface area contributed by atoms with Crippen molar-refractivity contribution in [3.05, 3.63) is 120 Å². The van der Waals surface area contributed by atoms with E-state index in [9.17, 15) is 9.59 Å². The van der Waals surface area contributed by atoms with Gasteiger partial charge in [-0.25, -0.2) is 0 Å².